The number of amides is 2. The van der Waals surface area contributed by atoms with E-state index in [1.54, 1.807) is 0 Å². The third kappa shape index (κ3) is 6.37. The summed E-state index contributed by atoms with van der Waals surface area (Å²) in [5, 5.41) is 14.4. The molecule has 1 aliphatic rings. The monoisotopic (exact) mass is 466 g/mol. The normalized spacial score (nSPS) is 14.1. The Balaban J connectivity index is 1.52. The highest BCUT2D eigenvalue weighted by atomic mass is 16.5. The van der Waals surface area contributed by atoms with Crippen LogP contribution >= 0.6 is 0 Å². The molecule has 0 fully saturated rings. The lowest BCUT2D eigenvalue weighted by Gasteiger charge is -2.22. The summed E-state index contributed by atoms with van der Waals surface area (Å²) in [5.74, 6) is -1.07. The van der Waals surface area contributed by atoms with Gasteiger partial charge in [-0.15, -0.1) is 0 Å². The zero-order valence-corrected chi connectivity index (χ0v) is 20.0. The molecule has 3 rings (SSSR count). The minimum Gasteiger partial charge on any atom is -0.481 e. The van der Waals surface area contributed by atoms with Gasteiger partial charge >= 0.3 is 12.1 Å². The Morgan fingerprint density at radius 1 is 0.941 bits per heavy atom. The fraction of sp³-hybridized carbons (Fsp3) is 0.444. The van der Waals surface area contributed by atoms with Crippen LogP contribution in [0.1, 0.15) is 57.1 Å². The van der Waals surface area contributed by atoms with E-state index in [1.165, 1.54) is 0 Å². The fourth-order valence-electron chi connectivity index (χ4n) is 4.37. The number of hydrogen-bond acceptors (Lipinski definition) is 4. The topological polar surface area (TPSA) is 105 Å². The molecule has 0 heterocycles. The second-order valence-electron chi connectivity index (χ2n) is 9.31. The lowest BCUT2D eigenvalue weighted by atomic mass is 9.98. The van der Waals surface area contributed by atoms with Gasteiger partial charge < -0.3 is 20.5 Å². The lowest BCUT2D eigenvalue weighted by molar-refractivity contribution is -0.137. The first-order valence-corrected chi connectivity index (χ1v) is 11.9. The average Bonchev–Trinajstić information content (AvgIpc) is 3.13. The molecular formula is C27H34N2O5. The lowest BCUT2D eigenvalue weighted by Crippen LogP contribution is -2.50. The van der Waals surface area contributed by atoms with Gasteiger partial charge in [-0.3, -0.25) is 9.59 Å². The van der Waals surface area contributed by atoms with E-state index in [0.717, 1.165) is 22.3 Å². The number of ether oxygens (including phenoxy) is 1. The van der Waals surface area contributed by atoms with Crippen LogP contribution in [0.5, 0.6) is 0 Å². The summed E-state index contributed by atoms with van der Waals surface area (Å²) in [7, 11) is 0. The number of alkyl carbamates (subject to hydrolysis) is 1. The van der Waals surface area contributed by atoms with Crippen molar-refractivity contribution >= 4 is 18.0 Å². The first kappa shape index (κ1) is 25.3. The highest BCUT2D eigenvalue weighted by Crippen LogP contribution is 2.44. The van der Waals surface area contributed by atoms with E-state index in [1.807, 2.05) is 45.0 Å². The van der Waals surface area contributed by atoms with Gasteiger partial charge in [-0.25, -0.2) is 4.79 Å². The average molecular weight is 467 g/mol. The molecule has 2 unspecified atom stereocenters. The Labute approximate surface area is 200 Å². The van der Waals surface area contributed by atoms with E-state index >= 15 is 0 Å². The van der Waals surface area contributed by atoms with Crippen molar-refractivity contribution in [1.82, 2.24) is 10.6 Å². The van der Waals surface area contributed by atoms with Crippen LogP contribution in [0.15, 0.2) is 48.5 Å². The molecule has 34 heavy (non-hydrogen) atoms. The largest absolute Gasteiger partial charge is 0.481 e. The summed E-state index contributed by atoms with van der Waals surface area (Å²) in [6, 6.07) is 15.5. The van der Waals surface area contributed by atoms with Crippen molar-refractivity contribution in [2.45, 2.75) is 52.0 Å². The van der Waals surface area contributed by atoms with E-state index in [2.05, 4.69) is 34.9 Å². The van der Waals surface area contributed by atoms with Crippen molar-refractivity contribution in [3.63, 3.8) is 0 Å². The van der Waals surface area contributed by atoms with E-state index in [0.29, 0.717) is 19.4 Å². The van der Waals surface area contributed by atoms with Gasteiger partial charge in [-0.2, -0.15) is 0 Å². The van der Waals surface area contributed by atoms with Gasteiger partial charge in [-0.1, -0.05) is 69.3 Å². The number of nitrogens with one attached hydrogen (secondary N) is 2. The minimum atomic E-state index is -0.817. The maximum Gasteiger partial charge on any atom is 0.407 e. The quantitative estimate of drug-likeness (QED) is 0.450. The van der Waals surface area contributed by atoms with Crippen molar-refractivity contribution in [2.24, 2.45) is 11.8 Å². The number of carboxylic acids is 1. The molecule has 7 nitrogen and oxygen atoms in total. The first-order chi connectivity index (χ1) is 16.3. The van der Waals surface area contributed by atoms with Gasteiger partial charge in [0.15, 0.2) is 0 Å². The van der Waals surface area contributed by atoms with E-state index in [4.69, 9.17) is 9.84 Å². The number of aliphatic carboxylic acids is 1. The molecule has 0 radical (unpaired) electrons. The molecule has 182 valence electrons. The van der Waals surface area contributed by atoms with Gasteiger partial charge in [0, 0.05) is 18.9 Å². The maximum atomic E-state index is 12.7. The summed E-state index contributed by atoms with van der Waals surface area (Å²) in [6.07, 6.45) is 0.740. The number of fused-ring (bicyclic) bond motifs is 3. The third-order valence-electron chi connectivity index (χ3n) is 6.35. The van der Waals surface area contributed by atoms with Crippen LogP contribution in [-0.4, -0.2) is 42.3 Å². The molecule has 1 aliphatic carbocycles. The molecule has 0 aromatic heterocycles. The number of carboxylic acid groups (broad SMARTS) is 1. The molecule has 2 amide bonds. The van der Waals surface area contributed by atoms with Crippen LogP contribution in [0.4, 0.5) is 4.79 Å². The van der Waals surface area contributed by atoms with Crippen molar-refractivity contribution in [3.8, 4) is 11.1 Å². The maximum absolute atomic E-state index is 12.7. The molecule has 2 aromatic carbocycles. The van der Waals surface area contributed by atoms with E-state index in [9.17, 15) is 14.4 Å². The zero-order chi connectivity index (χ0) is 24.7. The van der Waals surface area contributed by atoms with Crippen molar-refractivity contribution in [3.05, 3.63) is 59.7 Å². The molecule has 2 atom stereocenters. The van der Waals surface area contributed by atoms with Crippen LogP contribution in [0, 0.1) is 11.8 Å². The molecule has 0 saturated carbocycles. The van der Waals surface area contributed by atoms with Crippen LogP contribution in [0.25, 0.3) is 11.1 Å². The number of hydrogen-bond donors (Lipinski definition) is 3. The highest BCUT2D eigenvalue weighted by molar-refractivity contribution is 5.86. The molecule has 0 bridgehead atoms. The Morgan fingerprint density at radius 3 is 2.09 bits per heavy atom. The predicted molar refractivity (Wildman–Crippen MR) is 130 cm³/mol. The SMILES string of the molecule is CC(CCNC(=O)C(NC(=O)OCC1c2ccccc2-c2ccccc21)C(C)C)CCC(=O)O. The van der Waals surface area contributed by atoms with Gasteiger partial charge in [0.1, 0.15) is 12.6 Å². The van der Waals surface area contributed by atoms with Crippen molar-refractivity contribution in [2.75, 3.05) is 13.2 Å². The zero-order valence-electron chi connectivity index (χ0n) is 20.0. The number of carbonyl (C=O) groups excluding carboxylic acids is 2. The number of rotatable bonds is 11. The van der Waals surface area contributed by atoms with Crippen LogP contribution in [0.3, 0.4) is 0 Å². The minimum absolute atomic E-state index is 0.0447. The summed E-state index contributed by atoms with van der Waals surface area (Å²) in [6.45, 7) is 6.31. The second kappa shape index (κ2) is 11.7. The molecule has 2 aromatic rings. The summed E-state index contributed by atoms with van der Waals surface area (Å²) >= 11 is 0. The number of benzene rings is 2. The first-order valence-electron chi connectivity index (χ1n) is 11.9. The van der Waals surface area contributed by atoms with Crippen molar-refractivity contribution < 1.29 is 24.2 Å². The summed E-state index contributed by atoms with van der Waals surface area (Å²) in [5.41, 5.74) is 4.58. The molecule has 0 aliphatic heterocycles. The Hall–Kier alpha value is -3.35. The van der Waals surface area contributed by atoms with Gasteiger partial charge in [0.05, 0.1) is 0 Å². The highest BCUT2D eigenvalue weighted by Gasteiger charge is 2.30. The molecule has 7 heteroatoms. The van der Waals surface area contributed by atoms with Crippen molar-refractivity contribution in [1.29, 1.82) is 0 Å². The Kier molecular flexibility index (Phi) is 8.68. The standard InChI is InChI=1S/C27H34N2O5/c1-17(2)25(26(32)28-15-14-18(3)12-13-24(30)31)29-27(33)34-16-23-21-10-6-4-8-19(21)20-9-5-7-11-22(20)23/h4-11,17-18,23,25H,12-16H2,1-3H3,(H,28,32)(H,29,33)(H,30,31). The smallest absolute Gasteiger partial charge is 0.407 e. The number of carbonyl (C=O) groups is 3. The molecule has 0 spiro atoms. The van der Waals surface area contributed by atoms with Crippen LogP contribution < -0.4 is 10.6 Å². The predicted octanol–water partition coefficient (Wildman–Crippen LogP) is 4.56. The van der Waals surface area contributed by atoms with Crippen LogP contribution in [-0.2, 0) is 14.3 Å². The van der Waals surface area contributed by atoms with Gasteiger partial charge in [0.2, 0.25) is 5.91 Å². The fourth-order valence-corrected chi connectivity index (χ4v) is 4.37. The van der Waals surface area contributed by atoms with Gasteiger partial charge in [-0.05, 0) is 46.9 Å². The Morgan fingerprint density at radius 2 is 1.53 bits per heavy atom. The summed E-state index contributed by atoms with van der Waals surface area (Å²) < 4.78 is 5.58. The van der Waals surface area contributed by atoms with Crippen LogP contribution in [0.2, 0.25) is 0 Å². The summed E-state index contributed by atoms with van der Waals surface area (Å²) in [4.78, 5) is 36.0. The molecule has 3 N–H and O–H groups in total. The molecule has 0 saturated heterocycles. The van der Waals surface area contributed by atoms with Gasteiger partial charge in [0.25, 0.3) is 0 Å². The second-order valence-corrected chi connectivity index (χ2v) is 9.31. The van der Waals surface area contributed by atoms with E-state index < -0.39 is 18.1 Å². The van der Waals surface area contributed by atoms with E-state index in [-0.39, 0.29) is 36.7 Å². The third-order valence-corrected chi connectivity index (χ3v) is 6.35. The molecular weight excluding hydrogens is 432 g/mol. The Bertz CT molecular complexity index is 974.